The van der Waals surface area contributed by atoms with Gasteiger partial charge in [-0.2, -0.15) is 0 Å². The lowest BCUT2D eigenvalue weighted by Gasteiger charge is -2.15. The van der Waals surface area contributed by atoms with Gasteiger partial charge in [0.1, 0.15) is 0 Å². The molecule has 0 aliphatic rings. The Labute approximate surface area is 353 Å². The highest BCUT2D eigenvalue weighted by Gasteiger charge is 2.17. The maximum atomic E-state index is 5.29. The number of benzene rings is 10. The lowest BCUT2D eigenvalue weighted by molar-refractivity contribution is 1.18. The van der Waals surface area contributed by atoms with Crippen molar-refractivity contribution >= 4 is 54.1 Å². The summed E-state index contributed by atoms with van der Waals surface area (Å²) in [5, 5.41) is 9.90. The fraction of sp³-hybridized carbons (Fsp3) is 0. The van der Waals surface area contributed by atoms with Crippen molar-refractivity contribution < 1.29 is 0 Å². The molecule has 0 spiro atoms. The zero-order valence-corrected chi connectivity index (χ0v) is 33.2. The summed E-state index contributed by atoms with van der Waals surface area (Å²) < 4.78 is 2.35. The largest absolute Gasteiger partial charge is 0.309 e. The van der Waals surface area contributed by atoms with Gasteiger partial charge in [0.05, 0.1) is 22.4 Å². The van der Waals surface area contributed by atoms with E-state index in [9.17, 15) is 0 Å². The Hall–Kier alpha value is -8.14. The van der Waals surface area contributed by atoms with Crippen molar-refractivity contribution in [1.29, 1.82) is 0 Å². The van der Waals surface area contributed by atoms with E-state index in [1.807, 2.05) is 6.07 Å². The third-order valence-electron chi connectivity index (χ3n) is 12.2. The average molecular weight is 776 g/mol. The number of fused-ring (bicyclic) bond motifs is 7. The molecule has 0 bridgehead atoms. The van der Waals surface area contributed by atoms with E-state index < -0.39 is 0 Å². The Morgan fingerprint density at radius 1 is 0.279 bits per heavy atom. The monoisotopic (exact) mass is 775 g/mol. The first kappa shape index (κ1) is 34.9. The predicted molar refractivity (Wildman–Crippen MR) is 256 cm³/mol. The lowest BCUT2D eigenvalue weighted by Crippen LogP contribution is -1.96. The summed E-state index contributed by atoms with van der Waals surface area (Å²) in [6.07, 6.45) is 0. The molecule has 3 heteroatoms. The minimum Gasteiger partial charge on any atom is -0.309 e. The van der Waals surface area contributed by atoms with Gasteiger partial charge < -0.3 is 4.57 Å². The van der Waals surface area contributed by atoms with Gasteiger partial charge in [-0.15, -0.1) is 0 Å². The standard InChI is InChI=1S/C58H37N3/c1-3-13-38(14-4-1)39-23-29-43(30-24-39)58-59-53(37-54(60-58)45-32-34-56-52(36-45)49-21-11-12-22-55(49)61(56)46-17-5-2-6-18-46)41-25-27-42(28-26-41)57-48-20-10-8-16-44(48)35-51-47-19-9-7-15-40(47)31-33-50(51)57/h1-37H. The molecule has 10 aromatic carbocycles. The molecule has 0 saturated heterocycles. The maximum absolute atomic E-state index is 5.29. The second-order valence-corrected chi connectivity index (χ2v) is 15.8. The predicted octanol–water partition coefficient (Wildman–Crippen LogP) is 15.4. The summed E-state index contributed by atoms with van der Waals surface area (Å²) in [5.74, 6) is 0.690. The van der Waals surface area contributed by atoms with Crippen molar-refractivity contribution in [3.8, 4) is 61.8 Å². The minimum absolute atomic E-state index is 0.690. The summed E-state index contributed by atoms with van der Waals surface area (Å²) in [4.78, 5) is 10.6. The molecule has 284 valence electrons. The highest BCUT2D eigenvalue weighted by molar-refractivity contribution is 6.20. The molecule has 0 aliphatic carbocycles. The number of rotatable bonds is 6. The Morgan fingerprint density at radius 3 is 1.62 bits per heavy atom. The zero-order valence-electron chi connectivity index (χ0n) is 33.2. The first-order valence-electron chi connectivity index (χ1n) is 20.8. The van der Waals surface area contributed by atoms with Gasteiger partial charge in [0.2, 0.25) is 0 Å². The molecule has 3 nitrogen and oxygen atoms in total. The van der Waals surface area contributed by atoms with Crippen LogP contribution < -0.4 is 0 Å². The molecule has 0 saturated carbocycles. The number of nitrogens with zero attached hydrogens (tertiary/aromatic N) is 3. The van der Waals surface area contributed by atoms with E-state index in [0.29, 0.717) is 5.82 Å². The van der Waals surface area contributed by atoms with E-state index in [4.69, 9.17) is 9.97 Å². The van der Waals surface area contributed by atoms with E-state index in [-0.39, 0.29) is 0 Å². The van der Waals surface area contributed by atoms with Gasteiger partial charge in [-0.3, -0.25) is 0 Å². The fourth-order valence-electron chi connectivity index (χ4n) is 9.24. The van der Waals surface area contributed by atoms with Gasteiger partial charge in [0, 0.05) is 33.2 Å². The highest BCUT2D eigenvalue weighted by Crippen LogP contribution is 2.41. The average Bonchev–Trinajstić information content (AvgIpc) is 3.67. The van der Waals surface area contributed by atoms with Crippen LogP contribution in [0.3, 0.4) is 0 Å². The molecule has 61 heavy (non-hydrogen) atoms. The van der Waals surface area contributed by atoms with Crippen LogP contribution in [0.25, 0.3) is 116 Å². The topological polar surface area (TPSA) is 30.7 Å². The maximum Gasteiger partial charge on any atom is 0.160 e. The number of hydrogen-bond donors (Lipinski definition) is 0. The van der Waals surface area contributed by atoms with Crippen LogP contribution >= 0.6 is 0 Å². The number of aromatic nitrogens is 3. The van der Waals surface area contributed by atoms with Gasteiger partial charge in [-0.05, 0) is 97.0 Å². The molecule has 0 atom stereocenters. The summed E-state index contributed by atoms with van der Waals surface area (Å²) in [6.45, 7) is 0. The lowest BCUT2D eigenvalue weighted by atomic mass is 9.89. The van der Waals surface area contributed by atoms with Gasteiger partial charge >= 0.3 is 0 Å². The van der Waals surface area contributed by atoms with Crippen LogP contribution in [0.1, 0.15) is 0 Å². The van der Waals surface area contributed by atoms with Gasteiger partial charge in [0.15, 0.2) is 5.82 Å². The zero-order chi connectivity index (χ0) is 40.3. The van der Waals surface area contributed by atoms with E-state index in [0.717, 1.165) is 44.8 Å². The molecule has 0 amide bonds. The summed E-state index contributed by atoms with van der Waals surface area (Å²) in [6, 6.07) is 80.5. The van der Waals surface area contributed by atoms with Crippen LogP contribution in [0.5, 0.6) is 0 Å². The molecule has 0 aliphatic heterocycles. The van der Waals surface area contributed by atoms with Crippen molar-refractivity contribution in [2.75, 3.05) is 0 Å². The molecule has 2 aromatic heterocycles. The van der Waals surface area contributed by atoms with Crippen LogP contribution in [0.2, 0.25) is 0 Å². The van der Waals surface area contributed by atoms with E-state index in [1.165, 1.54) is 65.3 Å². The molecule has 0 fully saturated rings. The second-order valence-electron chi connectivity index (χ2n) is 15.8. The Bertz CT molecular complexity index is 3610. The van der Waals surface area contributed by atoms with E-state index >= 15 is 0 Å². The van der Waals surface area contributed by atoms with Crippen LogP contribution in [0, 0.1) is 0 Å². The second kappa shape index (κ2) is 14.3. The van der Waals surface area contributed by atoms with Crippen LogP contribution in [-0.2, 0) is 0 Å². The Morgan fingerprint density at radius 2 is 0.836 bits per heavy atom. The first-order valence-corrected chi connectivity index (χ1v) is 20.8. The summed E-state index contributed by atoms with van der Waals surface area (Å²) in [5.41, 5.74) is 13.0. The van der Waals surface area contributed by atoms with Crippen molar-refractivity contribution in [3.63, 3.8) is 0 Å². The third kappa shape index (κ3) is 5.98. The number of para-hydroxylation sites is 2. The van der Waals surface area contributed by atoms with Crippen molar-refractivity contribution in [1.82, 2.24) is 14.5 Å². The molecule has 2 heterocycles. The first-order chi connectivity index (χ1) is 30.2. The number of hydrogen-bond acceptors (Lipinski definition) is 2. The molecule has 0 N–H and O–H groups in total. The molecular formula is C58H37N3. The Balaban J connectivity index is 1.02. The molecule has 12 rings (SSSR count). The van der Waals surface area contributed by atoms with E-state index in [2.05, 4.69) is 223 Å². The Kier molecular flexibility index (Phi) is 8.17. The van der Waals surface area contributed by atoms with Gasteiger partial charge in [-0.1, -0.05) is 182 Å². The summed E-state index contributed by atoms with van der Waals surface area (Å²) >= 11 is 0. The quantitative estimate of drug-likeness (QED) is 0.124. The van der Waals surface area contributed by atoms with Crippen LogP contribution in [0.15, 0.2) is 224 Å². The minimum atomic E-state index is 0.690. The van der Waals surface area contributed by atoms with Crippen molar-refractivity contribution in [2.24, 2.45) is 0 Å². The molecular weight excluding hydrogens is 739 g/mol. The molecule has 12 aromatic rings. The molecule has 0 radical (unpaired) electrons. The van der Waals surface area contributed by atoms with Crippen molar-refractivity contribution in [3.05, 3.63) is 224 Å². The van der Waals surface area contributed by atoms with Crippen LogP contribution in [0.4, 0.5) is 0 Å². The van der Waals surface area contributed by atoms with Gasteiger partial charge in [0.25, 0.3) is 0 Å². The van der Waals surface area contributed by atoms with Crippen LogP contribution in [-0.4, -0.2) is 14.5 Å². The summed E-state index contributed by atoms with van der Waals surface area (Å²) in [7, 11) is 0. The van der Waals surface area contributed by atoms with Crippen molar-refractivity contribution in [2.45, 2.75) is 0 Å². The van der Waals surface area contributed by atoms with E-state index in [1.54, 1.807) is 0 Å². The normalized spacial score (nSPS) is 11.6. The highest BCUT2D eigenvalue weighted by atomic mass is 15.0. The molecule has 0 unspecified atom stereocenters. The van der Waals surface area contributed by atoms with Gasteiger partial charge in [-0.25, -0.2) is 9.97 Å². The fourth-order valence-corrected chi connectivity index (χ4v) is 9.24. The third-order valence-corrected chi connectivity index (χ3v) is 12.2. The smallest absolute Gasteiger partial charge is 0.160 e. The SMILES string of the molecule is c1ccc(-c2ccc(-c3nc(-c4ccc(-c5c6ccccc6cc6c5ccc5ccccc56)cc4)cc(-c4ccc5c(c4)c4ccccc4n5-c4ccccc4)n3)cc2)cc1.